The summed E-state index contributed by atoms with van der Waals surface area (Å²) in [5.41, 5.74) is 7.98. The molecule has 7 atom stereocenters. The van der Waals surface area contributed by atoms with Gasteiger partial charge in [0.05, 0.1) is 58.0 Å². The summed E-state index contributed by atoms with van der Waals surface area (Å²) in [6.45, 7) is 15.4. The molecule has 3 aromatic heterocycles. The zero-order valence-corrected chi connectivity index (χ0v) is 37.7. The van der Waals surface area contributed by atoms with E-state index < -0.39 is 46.6 Å². The summed E-state index contributed by atoms with van der Waals surface area (Å²) in [5.74, 6) is -6.33. The lowest BCUT2D eigenvalue weighted by Gasteiger charge is -2.37. The smallest absolute Gasteiger partial charge is 0.325 e. The molecule has 2 saturated heterocycles. The van der Waals surface area contributed by atoms with E-state index in [1.165, 1.54) is 18.3 Å². The van der Waals surface area contributed by atoms with Crippen molar-refractivity contribution in [2.24, 2.45) is 28.6 Å². The van der Waals surface area contributed by atoms with Crippen molar-refractivity contribution >= 4 is 45.7 Å². The number of pyridine rings is 1. The van der Waals surface area contributed by atoms with Crippen LogP contribution in [0.4, 0.5) is 14.5 Å². The van der Waals surface area contributed by atoms with Crippen molar-refractivity contribution in [1.82, 2.24) is 35.2 Å². The molecule has 332 valence electrons. The molecule has 62 heavy (non-hydrogen) atoms. The summed E-state index contributed by atoms with van der Waals surface area (Å²) < 4.78 is 45.8. The molecule has 5 aliphatic rings. The Labute approximate surface area is 365 Å². The van der Waals surface area contributed by atoms with E-state index in [9.17, 15) is 14.4 Å². The van der Waals surface area contributed by atoms with Gasteiger partial charge in [-0.15, -0.1) is 11.3 Å². The van der Waals surface area contributed by atoms with Gasteiger partial charge in [-0.2, -0.15) is 0 Å². The van der Waals surface area contributed by atoms with Crippen LogP contribution in [0.3, 0.4) is 0 Å². The number of amides is 2. The minimum atomic E-state index is -3.23. The van der Waals surface area contributed by atoms with Gasteiger partial charge in [0, 0.05) is 91.5 Å². The average molecular weight is 873 g/mol. The molecule has 2 aliphatic carbocycles. The van der Waals surface area contributed by atoms with Crippen molar-refractivity contribution in [1.29, 1.82) is 0 Å². The number of anilines is 1. The van der Waals surface area contributed by atoms with Crippen LogP contribution in [-0.2, 0) is 43.2 Å². The normalized spacial score (nSPS) is 28.8. The van der Waals surface area contributed by atoms with Crippen molar-refractivity contribution < 1.29 is 32.6 Å². The molecule has 16 heteroatoms. The minimum Gasteiger partial charge on any atom is -0.464 e. The first-order valence-electron chi connectivity index (χ1n) is 21.9. The average Bonchev–Trinajstić information content (AvgIpc) is 3.90. The molecule has 0 spiro atoms. The van der Waals surface area contributed by atoms with Crippen LogP contribution < -0.4 is 15.6 Å². The molecule has 9 rings (SSSR count). The van der Waals surface area contributed by atoms with E-state index in [2.05, 4.69) is 63.3 Å². The first-order chi connectivity index (χ1) is 29.4. The van der Waals surface area contributed by atoms with Crippen molar-refractivity contribution in [2.75, 3.05) is 58.4 Å². The third-order valence-corrected chi connectivity index (χ3v) is 15.1. The number of aromatic nitrogens is 3. The molecule has 2 unspecified atom stereocenters. The maximum Gasteiger partial charge on any atom is 0.325 e. The Morgan fingerprint density at radius 1 is 1.15 bits per heavy atom. The van der Waals surface area contributed by atoms with Gasteiger partial charge in [0.2, 0.25) is 5.91 Å². The Balaban J connectivity index is 1.19. The number of hydrogen-bond acceptors (Lipinski definition) is 11. The number of ether oxygens (including phenoxy) is 2. The number of rotatable bonds is 7. The van der Waals surface area contributed by atoms with Gasteiger partial charge in [0.25, 0.3) is 11.8 Å². The Bertz CT molecular complexity index is 2430. The fourth-order valence-electron chi connectivity index (χ4n) is 10.0. The van der Waals surface area contributed by atoms with Gasteiger partial charge in [-0.1, -0.05) is 33.8 Å². The van der Waals surface area contributed by atoms with Crippen LogP contribution in [0.2, 0.25) is 0 Å². The molecular weight excluding hydrogens is 815 g/mol. The second kappa shape index (κ2) is 15.6. The summed E-state index contributed by atoms with van der Waals surface area (Å²) >= 11 is 1.38. The summed E-state index contributed by atoms with van der Waals surface area (Å²) in [5, 5.41) is 7.61. The number of hydrogen-bond donors (Lipinski definition) is 2. The third-order valence-electron chi connectivity index (χ3n) is 14.2. The number of carbonyl (C=O) groups excluding carboxylic acids is 3. The van der Waals surface area contributed by atoms with E-state index in [1.807, 2.05) is 39.3 Å². The lowest BCUT2D eigenvalue weighted by Crippen LogP contribution is -2.62. The predicted octanol–water partition coefficient (Wildman–Crippen LogP) is 6.10. The number of esters is 1. The molecule has 3 aliphatic heterocycles. The van der Waals surface area contributed by atoms with Gasteiger partial charge in [-0.25, -0.2) is 19.2 Å². The van der Waals surface area contributed by atoms with Crippen LogP contribution in [0.1, 0.15) is 70.3 Å². The van der Waals surface area contributed by atoms with Crippen molar-refractivity contribution in [3.63, 3.8) is 0 Å². The minimum absolute atomic E-state index is 0.0509. The van der Waals surface area contributed by atoms with E-state index in [-0.39, 0.29) is 43.4 Å². The molecular formula is C46H58F2N8O5S. The Morgan fingerprint density at radius 3 is 2.58 bits per heavy atom. The second-order valence-electron chi connectivity index (χ2n) is 19.3. The Kier molecular flexibility index (Phi) is 10.8. The largest absolute Gasteiger partial charge is 0.464 e. The van der Waals surface area contributed by atoms with Crippen molar-refractivity contribution in [3.8, 4) is 22.5 Å². The number of fused-ring (bicyclic) bond motifs is 8. The second-order valence-corrected chi connectivity index (χ2v) is 20.2. The van der Waals surface area contributed by atoms with Crippen LogP contribution in [0.25, 0.3) is 33.4 Å². The molecule has 0 radical (unpaired) electrons. The first kappa shape index (κ1) is 42.8. The lowest BCUT2D eigenvalue weighted by molar-refractivity contribution is -0.157. The van der Waals surface area contributed by atoms with Crippen molar-refractivity contribution in [2.45, 2.75) is 91.5 Å². The monoisotopic (exact) mass is 872 g/mol. The number of aryl methyl sites for hydroxylation is 1. The van der Waals surface area contributed by atoms with Crippen LogP contribution in [-0.4, -0.2) is 114 Å². The van der Waals surface area contributed by atoms with E-state index >= 15 is 8.78 Å². The number of hydrazine groups is 1. The van der Waals surface area contributed by atoms with E-state index in [0.29, 0.717) is 24.4 Å². The number of alkyl halides is 2. The van der Waals surface area contributed by atoms with E-state index in [1.54, 1.807) is 7.11 Å². The quantitative estimate of drug-likeness (QED) is 0.210. The van der Waals surface area contributed by atoms with Gasteiger partial charge in [-0.05, 0) is 63.4 Å². The number of carbonyl (C=O) groups is 3. The number of nitrogens with zero attached hydrogens (tertiary/aromatic N) is 6. The molecule has 1 aromatic carbocycles. The number of thiazole rings is 1. The molecule has 13 nitrogen and oxygen atoms in total. The van der Waals surface area contributed by atoms with Gasteiger partial charge < -0.3 is 29.2 Å². The van der Waals surface area contributed by atoms with Crippen molar-refractivity contribution in [3.05, 3.63) is 52.1 Å². The molecule has 4 aromatic rings. The number of benzene rings is 1. The highest BCUT2D eigenvalue weighted by Gasteiger charge is 2.83. The van der Waals surface area contributed by atoms with Gasteiger partial charge in [-0.3, -0.25) is 24.4 Å². The highest BCUT2D eigenvalue weighted by molar-refractivity contribution is 7.10. The molecule has 2 amide bonds. The predicted molar refractivity (Wildman–Crippen MR) is 234 cm³/mol. The zero-order chi connectivity index (χ0) is 44.0. The summed E-state index contributed by atoms with van der Waals surface area (Å²) in [6, 6.07) is 6.01. The molecule has 2 saturated carbocycles. The number of halogens is 2. The van der Waals surface area contributed by atoms with Gasteiger partial charge in [0.1, 0.15) is 12.1 Å². The first-order valence-corrected chi connectivity index (χ1v) is 22.8. The van der Waals surface area contributed by atoms with Crippen LogP contribution in [0, 0.1) is 28.6 Å². The zero-order valence-electron chi connectivity index (χ0n) is 36.9. The molecule has 6 bridgehead atoms. The van der Waals surface area contributed by atoms with Crippen LogP contribution in [0.5, 0.6) is 0 Å². The number of likely N-dealkylation sites (N-methyl/N-ethyl adjacent to an activating group) is 1. The maximum atomic E-state index is 15.8. The summed E-state index contributed by atoms with van der Waals surface area (Å²) in [7, 11) is 3.82. The number of piperazine rings is 1. The lowest BCUT2D eigenvalue weighted by atomic mass is 9.84. The standard InChI is InChI=1S/C46H58F2N8O5S/c1-9-55-35-11-10-27-17-30(35)32(39(55)31-18-28(21-49-37(31)26(3)60-8)54-14-12-53(7)13-15-54)20-44(4,5)24-61-43(59)38-40-45(6,46(40,47)48)23-56(52-38)42(58)33(19-36-50-34(27)22-62-36)51-41(57)29-16-25(29)2/h10-11,17-18,21-22,25-26,29,33,38,40,52H,9,12-16,19-20,23-24H2,1-8H3,(H,51,57)/t25-,26-,29?,33+,38-,40?,45+/m0/s1. The highest BCUT2D eigenvalue weighted by Crippen LogP contribution is 2.68. The van der Waals surface area contributed by atoms with Crippen LogP contribution >= 0.6 is 11.3 Å². The number of cyclic esters (lactones) is 1. The van der Waals surface area contributed by atoms with Gasteiger partial charge in [0.15, 0.2) is 0 Å². The fourth-order valence-corrected chi connectivity index (χ4v) is 10.9. The highest BCUT2D eigenvalue weighted by atomic mass is 32.1. The Morgan fingerprint density at radius 2 is 1.89 bits per heavy atom. The van der Waals surface area contributed by atoms with Gasteiger partial charge >= 0.3 is 5.97 Å². The molecule has 4 fully saturated rings. The summed E-state index contributed by atoms with van der Waals surface area (Å²) in [4.78, 5) is 56.7. The molecule has 6 heterocycles. The fraction of sp³-hybridized carbons (Fsp3) is 0.587. The number of nitrogens with one attached hydrogen (secondary N) is 2. The van der Waals surface area contributed by atoms with E-state index in [0.717, 1.165) is 81.6 Å². The van der Waals surface area contributed by atoms with E-state index in [4.69, 9.17) is 19.4 Å². The van der Waals surface area contributed by atoms with Crippen LogP contribution in [0.15, 0.2) is 35.8 Å². The SMILES string of the molecule is CCn1c(-c2cc(N3CCN(C)CC3)cnc2[C@H](C)OC)c2c3cc(ccc31)-c1csc(n1)C[C@@H](NC(=O)C1C[C@@H]1C)C(=O)N1C[C@]3(C)C([C@H](N1)C(=O)OCC(C)(C)C2)C3(F)F. The maximum absolute atomic E-state index is 15.8. The molecule has 2 N–H and O–H groups in total. The summed E-state index contributed by atoms with van der Waals surface area (Å²) in [6.07, 6.45) is 2.85. The Hall–Kier alpha value is -4.51. The number of methoxy groups -OCH3 is 1. The third kappa shape index (κ3) is 7.37. The topological polar surface area (TPSA) is 134 Å².